The van der Waals surface area contributed by atoms with Gasteiger partial charge in [0.2, 0.25) is 0 Å². The van der Waals surface area contributed by atoms with Crippen LogP contribution in [0.4, 0.5) is 0 Å². The topological polar surface area (TPSA) is 34.7 Å². The number of likely N-dealkylation sites (N-methyl/N-ethyl adjacent to an activating group) is 1. The van der Waals surface area contributed by atoms with E-state index in [1.807, 2.05) is 20.2 Å². The Balaban J connectivity index is -0.000000125. The maximum Gasteiger partial charge on any atom is 0.0154 e. The van der Waals surface area contributed by atoms with Gasteiger partial charge in [-0.2, -0.15) is 0 Å². The Morgan fingerprint density at radius 1 is 1.50 bits per heavy atom. The van der Waals surface area contributed by atoms with Gasteiger partial charge in [0, 0.05) is 6.54 Å². The van der Waals surface area contributed by atoms with Crippen LogP contribution in [-0.4, -0.2) is 31.0 Å². The fourth-order valence-electron chi connectivity index (χ4n) is 0.258. The summed E-state index contributed by atoms with van der Waals surface area (Å²) in [4.78, 5) is 2.06. The van der Waals surface area contributed by atoms with Crippen LogP contribution in [0.5, 0.6) is 0 Å². The molecule has 0 aliphatic carbocycles. The Hall–Kier alpha value is -0.0500. The van der Waals surface area contributed by atoms with Crippen molar-refractivity contribution < 1.29 is 5.48 Å². The average Bonchev–Trinajstić information content (AvgIpc) is 1.35. The van der Waals surface area contributed by atoms with Gasteiger partial charge in [0.15, 0.2) is 0 Å². The van der Waals surface area contributed by atoms with Crippen molar-refractivity contribution in [2.24, 2.45) is 0 Å². The number of nitrogens with zero attached hydrogens (tertiary/aromatic N) is 1. The predicted octanol–water partition coefficient (Wildman–Crippen LogP) is 0.331. The second-order valence-corrected chi connectivity index (χ2v) is 1.55. The molecule has 0 aliphatic heterocycles. The van der Waals surface area contributed by atoms with E-state index in [1.54, 1.807) is 0 Å². The lowest BCUT2D eigenvalue weighted by Crippen LogP contribution is -2.09. The minimum absolute atomic E-state index is 0. The van der Waals surface area contributed by atoms with Crippen LogP contribution in [0, 0.1) is 0 Å². The number of rotatable bonds is 2. The van der Waals surface area contributed by atoms with Crippen molar-refractivity contribution in [3.05, 3.63) is 12.7 Å². The quantitative estimate of drug-likeness (QED) is 0.508. The van der Waals surface area contributed by atoms with Crippen LogP contribution in [0.15, 0.2) is 12.7 Å². The maximum atomic E-state index is 3.56. The highest BCUT2D eigenvalue weighted by atomic mass is 35.5. The van der Waals surface area contributed by atoms with E-state index in [0.717, 1.165) is 6.54 Å². The molecule has 0 atom stereocenters. The molecule has 2 N–H and O–H groups in total. The smallest absolute Gasteiger partial charge is 0.0154 e. The summed E-state index contributed by atoms with van der Waals surface area (Å²) in [5, 5.41) is 0. The van der Waals surface area contributed by atoms with Crippen LogP contribution in [0.25, 0.3) is 0 Å². The number of hydrogen-bond donors (Lipinski definition) is 0. The van der Waals surface area contributed by atoms with E-state index in [0.29, 0.717) is 0 Å². The Morgan fingerprint density at radius 2 is 1.88 bits per heavy atom. The molecular weight excluding hydrogens is 126 g/mol. The third kappa shape index (κ3) is 16.8. The van der Waals surface area contributed by atoms with Crippen molar-refractivity contribution in [3.63, 3.8) is 0 Å². The number of halogens is 1. The van der Waals surface area contributed by atoms with Gasteiger partial charge in [0.25, 0.3) is 0 Å². The van der Waals surface area contributed by atoms with E-state index in [1.165, 1.54) is 0 Å². The Labute approximate surface area is 56.9 Å². The Bertz CT molecular complexity index is 47.7. The summed E-state index contributed by atoms with van der Waals surface area (Å²) < 4.78 is 0. The number of hydrogen-bond acceptors (Lipinski definition) is 1. The molecule has 0 rings (SSSR count). The fraction of sp³-hybridized carbons (Fsp3) is 0.600. The van der Waals surface area contributed by atoms with Crippen LogP contribution in [-0.2, 0) is 0 Å². The van der Waals surface area contributed by atoms with Crippen molar-refractivity contribution >= 4 is 12.4 Å². The van der Waals surface area contributed by atoms with Crippen molar-refractivity contribution in [2.75, 3.05) is 20.6 Å². The molecule has 0 aliphatic rings. The van der Waals surface area contributed by atoms with Crippen LogP contribution in [0.3, 0.4) is 0 Å². The third-order valence-electron chi connectivity index (χ3n) is 0.494. The molecule has 3 heteroatoms. The Kier molecular flexibility index (Phi) is 19.7. The van der Waals surface area contributed by atoms with Crippen molar-refractivity contribution in [2.45, 2.75) is 0 Å². The summed E-state index contributed by atoms with van der Waals surface area (Å²) in [5.74, 6) is 0. The molecule has 0 fully saturated rings. The summed E-state index contributed by atoms with van der Waals surface area (Å²) >= 11 is 0. The summed E-state index contributed by atoms with van der Waals surface area (Å²) in [6, 6.07) is 0. The average molecular weight is 140 g/mol. The van der Waals surface area contributed by atoms with E-state index in [-0.39, 0.29) is 17.9 Å². The lowest BCUT2D eigenvalue weighted by molar-refractivity contribution is 0.457. The van der Waals surface area contributed by atoms with Gasteiger partial charge < -0.3 is 10.4 Å². The standard InChI is InChI=1S/C5H11N.ClH.H2O/c1-4-5-6(2)3;;/h4H,1,5H2,2-3H3;1H;1H2. The summed E-state index contributed by atoms with van der Waals surface area (Å²) in [5.41, 5.74) is 0. The van der Waals surface area contributed by atoms with Gasteiger partial charge in [0.1, 0.15) is 0 Å². The third-order valence-corrected chi connectivity index (χ3v) is 0.494. The van der Waals surface area contributed by atoms with E-state index < -0.39 is 0 Å². The van der Waals surface area contributed by atoms with Crippen LogP contribution < -0.4 is 0 Å². The molecule has 8 heavy (non-hydrogen) atoms. The van der Waals surface area contributed by atoms with Crippen molar-refractivity contribution in [1.29, 1.82) is 0 Å². The predicted molar refractivity (Wildman–Crippen MR) is 39.6 cm³/mol. The molecule has 52 valence electrons. The molecule has 0 saturated carbocycles. The first-order valence-electron chi connectivity index (χ1n) is 2.03. The molecule has 2 nitrogen and oxygen atoms in total. The highest BCUT2D eigenvalue weighted by molar-refractivity contribution is 5.85. The highest BCUT2D eigenvalue weighted by Crippen LogP contribution is 1.69. The maximum absolute atomic E-state index is 3.56. The first-order valence-corrected chi connectivity index (χ1v) is 2.03. The molecule has 0 heterocycles. The van der Waals surface area contributed by atoms with Gasteiger partial charge in [-0.15, -0.1) is 19.0 Å². The van der Waals surface area contributed by atoms with E-state index in [9.17, 15) is 0 Å². The zero-order valence-corrected chi connectivity index (χ0v) is 6.16. The van der Waals surface area contributed by atoms with Crippen molar-refractivity contribution in [3.8, 4) is 0 Å². The molecule has 0 saturated heterocycles. The fourth-order valence-corrected chi connectivity index (χ4v) is 0.258. The van der Waals surface area contributed by atoms with Crippen LogP contribution in [0.2, 0.25) is 0 Å². The zero-order valence-electron chi connectivity index (χ0n) is 5.35. The Morgan fingerprint density at radius 3 is 1.88 bits per heavy atom. The second-order valence-electron chi connectivity index (χ2n) is 1.55. The minimum Gasteiger partial charge on any atom is -0.412 e. The molecule has 0 unspecified atom stereocenters. The van der Waals surface area contributed by atoms with Gasteiger partial charge >= 0.3 is 0 Å². The molecule has 0 aromatic carbocycles. The summed E-state index contributed by atoms with van der Waals surface area (Å²) in [7, 11) is 4.03. The van der Waals surface area contributed by atoms with Crippen LogP contribution in [0.1, 0.15) is 0 Å². The second kappa shape index (κ2) is 10.0. The molecular formula is C5H14ClNO. The molecule has 0 bridgehead atoms. The van der Waals surface area contributed by atoms with E-state index in [4.69, 9.17) is 0 Å². The zero-order chi connectivity index (χ0) is 4.99. The first-order chi connectivity index (χ1) is 2.77. The van der Waals surface area contributed by atoms with Gasteiger partial charge in [0.05, 0.1) is 0 Å². The van der Waals surface area contributed by atoms with E-state index in [2.05, 4.69) is 11.5 Å². The van der Waals surface area contributed by atoms with Crippen LogP contribution >= 0.6 is 12.4 Å². The first kappa shape index (κ1) is 15.7. The van der Waals surface area contributed by atoms with E-state index >= 15 is 0 Å². The lowest BCUT2D eigenvalue weighted by atomic mass is 10.6. The summed E-state index contributed by atoms with van der Waals surface area (Å²) in [6.07, 6.45) is 1.88. The molecule has 0 radical (unpaired) electrons. The normalized spacial score (nSPS) is 6.88. The highest BCUT2D eigenvalue weighted by Gasteiger charge is 1.75. The van der Waals surface area contributed by atoms with Crippen molar-refractivity contribution in [1.82, 2.24) is 4.90 Å². The minimum atomic E-state index is 0. The SMILES string of the molecule is C=CCN(C)C.Cl.O. The molecule has 0 aromatic rings. The molecule has 0 aromatic heterocycles. The van der Waals surface area contributed by atoms with Gasteiger partial charge in [-0.3, -0.25) is 0 Å². The molecule has 0 amide bonds. The lowest BCUT2D eigenvalue weighted by Gasteiger charge is -2.01. The molecule has 0 spiro atoms. The van der Waals surface area contributed by atoms with Gasteiger partial charge in [-0.1, -0.05) is 6.08 Å². The van der Waals surface area contributed by atoms with Gasteiger partial charge in [-0.25, -0.2) is 0 Å². The monoisotopic (exact) mass is 139 g/mol. The largest absolute Gasteiger partial charge is 0.412 e. The van der Waals surface area contributed by atoms with Gasteiger partial charge in [-0.05, 0) is 14.1 Å². The summed E-state index contributed by atoms with van der Waals surface area (Å²) in [6.45, 7) is 4.53.